The van der Waals surface area contributed by atoms with Crippen LogP contribution in [0.5, 0.6) is 0 Å². The molecule has 4 rings (SSSR count). The van der Waals surface area contributed by atoms with Gasteiger partial charge in [0, 0.05) is 18.1 Å². The van der Waals surface area contributed by atoms with Gasteiger partial charge in [-0.25, -0.2) is 0 Å². The van der Waals surface area contributed by atoms with Crippen LogP contribution in [-0.2, 0) is 0 Å². The second-order valence-electron chi connectivity index (χ2n) is 8.78. The van der Waals surface area contributed by atoms with Crippen molar-refractivity contribution in [2.75, 3.05) is 0 Å². The summed E-state index contributed by atoms with van der Waals surface area (Å²) in [5, 5.41) is 0. The van der Waals surface area contributed by atoms with Crippen molar-refractivity contribution in [1.29, 1.82) is 0 Å². The van der Waals surface area contributed by atoms with Gasteiger partial charge in [-0.3, -0.25) is 4.90 Å². The van der Waals surface area contributed by atoms with Gasteiger partial charge >= 0.3 is 0 Å². The normalized spacial score (nSPS) is 46.6. The minimum Gasteiger partial charge on any atom is -0.293 e. The highest BCUT2D eigenvalue weighted by Gasteiger charge is 2.42. The molecule has 3 saturated carbocycles. The van der Waals surface area contributed by atoms with Crippen molar-refractivity contribution < 1.29 is 0 Å². The molecule has 0 amide bonds. The number of hydrogen-bond acceptors (Lipinski definition) is 1. The fourth-order valence-corrected chi connectivity index (χ4v) is 6.08. The lowest BCUT2D eigenvalue weighted by Gasteiger charge is -2.50. The number of hydrogen-bond donors (Lipinski definition) is 0. The summed E-state index contributed by atoms with van der Waals surface area (Å²) >= 11 is 0. The lowest BCUT2D eigenvalue weighted by Crippen LogP contribution is -2.55. The third-order valence-corrected chi connectivity index (χ3v) is 7.34. The highest BCUT2D eigenvalue weighted by Crippen LogP contribution is 2.43. The third-order valence-electron chi connectivity index (χ3n) is 7.34. The molecule has 4 aliphatic rings. The molecule has 1 heterocycles. The van der Waals surface area contributed by atoms with Crippen LogP contribution in [0.3, 0.4) is 0 Å². The largest absolute Gasteiger partial charge is 0.293 e. The molecule has 4 unspecified atom stereocenters. The van der Waals surface area contributed by atoms with E-state index < -0.39 is 0 Å². The van der Waals surface area contributed by atoms with Crippen molar-refractivity contribution in [3.8, 4) is 0 Å². The Labute approximate surface area is 137 Å². The Hall–Kier alpha value is -0.300. The summed E-state index contributed by atoms with van der Waals surface area (Å²) in [6, 6.07) is 2.68. The van der Waals surface area contributed by atoms with Gasteiger partial charge in [0.15, 0.2) is 0 Å². The third kappa shape index (κ3) is 2.90. The van der Waals surface area contributed by atoms with Gasteiger partial charge in [-0.1, -0.05) is 44.8 Å². The van der Waals surface area contributed by atoms with Gasteiger partial charge in [-0.05, 0) is 69.1 Å². The van der Waals surface area contributed by atoms with Crippen molar-refractivity contribution in [3.63, 3.8) is 0 Å². The van der Waals surface area contributed by atoms with Crippen LogP contribution >= 0.6 is 0 Å². The van der Waals surface area contributed by atoms with E-state index in [-0.39, 0.29) is 0 Å². The fourth-order valence-electron chi connectivity index (χ4n) is 6.08. The van der Waals surface area contributed by atoms with Gasteiger partial charge in [0.25, 0.3) is 0 Å². The molecule has 0 bridgehead atoms. The fraction of sp³-hybridized carbons (Fsp3) is 0.905. The summed E-state index contributed by atoms with van der Waals surface area (Å²) in [4.78, 5) is 3.12. The predicted octanol–water partition coefficient (Wildman–Crippen LogP) is 5.55. The summed E-state index contributed by atoms with van der Waals surface area (Å²) in [7, 11) is 0. The van der Waals surface area contributed by atoms with E-state index in [9.17, 15) is 0 Å². The van der Waals surface area contributed by atoms with Crippen LogP contribution < -0.4 is 0 Å². The first-order chi connectivity index (χ1) is 10.8. The van der Waals surface area contributed by atoms with Gasteiger partial charge in [-0.2, -0.15) is 0 Å². The van der Waals surface area contributed by atoms with Crippen LogP contribution in [-0.4, -0.2) is 23.0 Å². The van der Waals surface area contributed by atoms with Crippen LogP contribution in [0.4, 0.5) is 0 Å². The summed E-state index contributed by atoms with van der Waals surface area (Å²) in [6.45, 7) is 2.47. The lowest BCUT2D eigenvalue weighted by atomic mass is 9.78. The zero-order valence-electron chi connectivity index (χ0n) is 14.6. The Morgan fingerprint density at radius 3 is 1.68 bits per heavy atom. The SMILES string of the molecule is CC1CCC(N2C3CCCCC3C=CC3CCCCC32)CC1. The number of nitrogens with zero attached hydrogens (tertiary/aromatic N) is 1. The average Bonchev–Trinajstić information content (AvgIpc) is 2.73. The summed E-state index contributed by atoms with van der Waals surface area (Å²) in [5.74, 6) is 2.73. The molecule has 0 saturated heterocycles. The van der Waals surface area contributed by atoms with Crippen LogP contribution in [0.25, 0.3) is 0 Å². The highest BCUT2D eigenvalue weighted by molar-refractivity contribution is 5.09. The molecule has 0 spiro atoms. The van der Waals surface area contributed by atoms with E-state index in [1.54, 1.807) is 0 Å². The van der Waals surface area contributed by atoms with E-state index in [2.05, 4.69) is 24.0 Å². The Morgan fingerprint density at radius 2 is 1.14 bits per heavy atom. The highest BCUT2D eigenvalue weighted by atomic mass is 15.2. The minimum absolute atomic E-state index is 0.874. The Kier molecular flexibility index (Phi) is 4.62. The first-order valence-corrected chi connectivity index (χ1v) is 10.3. The average molecular weight is 302 g/mol. The minimum atomic E-state index is 0.874. The van der Waals surface area contributed by atoms with Crippen LogP contribution in [0, 0.1) is 17.8 Å². The van der Waals surface area contributed by atoms with Crippen molar-refractivity contribution in [3.05, 3.63) is 12.2 Å². The predicted molar refractivity (Wildman–Crippen MR) is 93.9 cm³/mol. The summed E-state index contributed by atoms with van der Waals surface area (Å²) in [5.41, 5.74) is 0. The quantitative estimate of drug-likeness (QED) is 0.574. The van der Waals surface area contributed by atoms with E-state index in [1.807, 2.05) is 0 Å². The second-order valence-corrected chi connectivity index (χ2v) is 8.78. The molecule has 1 nitrogen and oxygen atoms in total. The molecule has 3 aliphatic carbocycles. The van der Waals surface area contributed by atoms with E-state index >= 15 is 0 Å². The van der Waals surface area contributed by atoms with Crippen molar-refractivity contribution in [2.24, 2.45) is 17.8 Å². The van der Waals surface area contributed by atoms with Crippen molar-refractivity contribution in [2.45, 2.75) is 102 Å². The Morgan fingerprint density at radius 1 is 0.636 bits per heavy atom. The van der Waals surface area contributed by atoms with E-state index in [1.165, 1.54) is 77.0 Å². The first-order valence-electron chi connectivity index (χ1n) is 10.3. The van der Waals surface area contributed by atoms with Gasteiger partial charge in [0.1, 0.15) is 0 Å². The standard InChI is InChI=1S/C21H35N/c1-16-10-14-19(15-11-16)22-20-8-4-2-6-17(20)12-13-18-7-3-5-9-21(18)22/h12-13,16-21H,2-11,14-15H2,1H3. The molecule has 4 atom stereocenters. The monoisotopic (exact) mass is 301 g/mol. The molecule has 1 heteroatoms. The molecule has 0 aromatic heterocycles. The topological polar surface area (TPSA) is 3.24 Å². The van der Waals surface area contributed by atoms with Crippen LogP contribution in [0.15, 0.2) is 12.2 Å². The maximum Gasteiger partial charge on any atom is 0.0164 e. The molecule has 0 radical (unpaired) electrons. The molecule has 1 aliphatic heterocycles. The number of rotatable bonds is 1. The van der Waals surface area contributed by atoms with E-state index in [0.717, 1.165) is 35.9 Å². The number of fused-ring (bicyclic) bond motifs is 2. The van der Waals surface area contributed by atoms with E-state index in [4.69, 9.17) is 0 Å². The summed E-state index contributed by atoms with van der Waals surface area (Å²) < 4.78 is 0. The zero-order valence-corrected chi connectivity index (χ0v) is 14.6. The molecule has 0 N–H and O–H groups in total. The Balaban J connectivity index is 1.60. The second kappa shape index (κ2) is 6.67. The van der Waals surface area contributed by atoms with Crippen molar-refractivity contribution >= 4 is 0 Å². The molecule has 3 fully saturated rings. The lowest BCUT2D eigenvalue weighted by molar-refractivity contribution is -0.00695. The zero-order chi connectivity index (χ0) is 14.9. The van der Waals surface area contributed by atoms with E-state index in [0.29, 0.717) is 0 Å². The van der Waals surface area contributed by atoms with Crippen LogP contribution in [0.2, 0.25) is 0 Å². The van der Waals surface area contributed by atoms with Gasteiger partial charge in [0.2, 0.25) is 0 Å². The maximum atomic E-state index is 3.12. The van der Waals surface area contributed by atoms with Gasteiger partial charge in [-0.15, -0.1) is 0 Å². The maximum absolute atomic E-state index is 3.12. The van der Waals surface area contributed by atoms with Gasteiger partial charge in [0.05, 0.1) is 0 Å². The molecular weight excluding hydrogens is 266 g/mol. The molecule has 0 aromatic carbocycles. The summed E-state index contributed by atoms with van der Waals surface area (Å²) in [6.07, 6.45) is 23.0. The molecule has 124 valence electrons. The Bertz CT molecular complexity index is 367. The van der Waals surface area contributed by atoms with Crippen molar-refractivity contribution in [1.82, 2.24) is 4.90 Å². The molecular formula is C21H35N. The smallest absolute Gasteiger partial charge is 0.0164 e. The van der Waals surface area contributed by atoms with Crippen LogP contribution in [0.1, 0.15) is 84.0 Å². The molecule has 22 heavy (non-hydrogen) atoms. The van der Waals surface area contributed by atoms with Gasteiger partial charge < -0.3 is 0 Å². The molecule has 0 aromatic rings. The first kappa shape index (κ1) is 15.2.